The molecule has 0 radical (unpaired) electrons. The van der Waals surface area contributed by atoms with E-state index in [-0.39, 0.29) is 17.8 Å². The van der Waals surface area contributed by atoms with Gasteiger partial charge < -0.3 is 0 Å². The number of hydrogen-bond acceptors (Lipinski definition) is 2. The summed E-state index contributed by atoms with van der Waals surface area (Å²) in [6.07, 6.45) is 0.172. The van der Waals surface area contributed by atoms with Gasteiger partial charge in [0.15, 0.2) is 0 Å². The SMILES string of the molecule is Cc1cc(C(Cc2ccccc2F)NN)c(F)cc1F. The van der Waals surface area contributed by atoms with Gasteiger partial charge in [0.2, 0.25) is 0 Å². The number of benzene rings is 2. The fourth-order valence-electron chi connectivity index (χ4n) is 2.09. The zero-order chi connectivity index (χ0) is 14.7. The summed E-state index contributed by atoms with van der Waals surface area (Å²) >= 11 is 0. The number of nitrogens with two attached hydrogens (primary N) is 1. The van der Waals surface area contributed by atoms with E-state index in [0.29, 0.717) is 11.1 Å². The van der Waals surface area contributed by atoms with E-state index in [1.54, 1.807) is 18.2 Å². The van der Waals surface area contributed by atoms with Crippen molar-refractivity contribution in [3.8, 4) is 0 Å². The van der Waals surface area contributed by atoms with Crippen molar-refractivity contribution in [1.82, 2.24) is 5.43 Å². The highest BCUT2D eigenvalue weighted by atomic mass is 19.1. The van der Waals surface area contributed by atoms with Crippen molar-refractivity contribution in [2.45, 2.75) is 19.4 Å². The van der Waals surface area contributed by atoms with Crippen molar-refractivity contribution in [2.24, 2.45) is 5.84 Å². The smallest absolute Gasteiger partial charge is 0.130 e. The minimum absolute atomic E-state index is 0.172. The van der Waals surface area contributed by atoms with Crippen LogP contribution in [-0.2, 0) is 6.42 Å². The second-order valence-corrected chi connectivity index (χ2v) is 4.64. The maximum absolute atomic E-state index is 13.8. The standard InChI is InChI=1S/C15H15F3N2/c1-9-6-11(14(18)8-13(9)17)15(20-19)7-10-4-2-3-5-12(10)16/h2-6,8,15,20H,7,19H2,1H3. The van der Waals surface area contributed by atoms with Crippen LogP contribution >= 0.6 is 0 Å². The molecule has 2 rings (SSSR count). The number of aryl methyl sites for hydroxylation is 1. The Balaban J connectivity index is 2.34. The monoisotopic (exact) mass is 280 g/mol. The summed E-state index contributed by atoms with van der Waals surface area (Å²) in [7, 11) is 0. The Hall–Kier alpha value is -1.85. The molecule has 3 N–H and O–H groups in total. The van der Waals surface area contributed by atoms with Crippen molar-refractivity contribution >= 4 is 0 Å². The first kappa shape index (κ1) is 14.6. The molecule has 1 unspecified atom stereocenters. The Morgan fingerprint density at radius 2 is 1.75 bits per heavy atom. The lowest BCUT2D eigenvalue weighted by Gasteiger charge is -2.18. The second-order valence-electron chi connectivity index (χ2n) is 4.64. The van der Waals surface area contributed by atoms with Gasteiger partial charge in [-0.25, -0.2) is 13.2 Å². The first-order chi connectivity index (χ1) is 9.52. The Bertz CT molecular complexity index is 614. The van der Waals surface area contributed by atoms with Crippen molar-refractivity contribution in [3.63, 3.8) is 0 Å². The molecule has 0 fully saturated rings. The van der Waals surface area contributed by atoms with Gasteiger partial charge in [-0.2, -0.15) is 0 Å². The van der Waals surface area contributed by atoms with Crippen LogP contribution in [0, 0.1) is 24.4 Å². The molecule has 2 aromatic carbocycles. The Morgan fingerprint density at radius 1 is 1.05 bits per heavy atom. The number of rotatable bonds is 4. The van der Waals surface area contributed by atoms with E-state index in [2.05, 4.69) is 5.43 Å². The summed E-state index contributed by atoms with van der Waals surface area (Å²) in [6.45, 7) is 1.54. The van der Waals surface area contributed by atoms with Gasteiger partial charge in [0, 0.05) is 11.6 Å². The zero-order valence-electron chi connectivity index (χ0n) is 11.0. The van der Waals surface area contributed by atoms with Gasteiger partial charge in [-0.15, -0.1) is 0 Å². The molecule has 0 bridgehead atoms. The molecule has 0 spiro atoms. The highest BCUT2D eigenvalue weighted by Gasteiger charge is 2.18. The normalized spacial score (nSPS) is 12.4. The van der Waals surface area contributed by atoms with Gasteiger partial charge in [-0.3, -0.25) is 11.3 Å². The molecule has 0 amide bonds. The molecule has 2 aromatic rings. The van der Waals surface area contributed by atoms with E-state index in [1.807, 2.05) is 0 Å². The third-order valence-corrected chi connectivity index (χ3v) is 3.24. The van der Waals surface area contributed by atoms with Crippen LogP contribution in [0.15, 0.2) is 36.4 Å². The van der Waals surface area contributed by atoms with E-state index in [4.69, 9.17) is 5.84 Å². The number of halogens is 3. The maximum Gasteiger partial charge on any atom is 0.130 e. The quantitative estimate of drug-likeness (QED) is 0.667. The minimum Gasteiger partial charge on any atom is -0.271 e. The topological polar surface area (TPSA) is 38.0 Å². The van der Waals surface area contributed by atoms with Crippen LogP contribution in [0.25, 0.3) is 0 Å². The maximum atomic E-state index is 13.8. The molecule has 2 nitrogen and oxygen atoms in total. The summed E-state index contributed by atoms with van der Waals surface area (Å²) in [5.41, 5.74) is 3.40. The molecule has 5 heteroatoms. The van der Waals surface area contributed by atoms with E-state index < -0.39 is 17.7 Å². The van der Waals surface area contributed by atoms with Gasteiger partial charge in [0.05, 0.1) is 6.04 Å². The predicted octanol–water partition coefficient (Wildman–Crippen LogP) is 3.16. The molecule has 0 heterocycles. The molecule has 20 heavy (non-hydrogen) atoms. The average molecular weight is 280 g/mol. The van der Waals surface area contributed by atoms with E-state index in [9.17, 15) is 13.2 Å². The van der Waals surface area contributed by atoms with Crippen LogP contribution in [0.5, 0.6) is 0 Å². The number of hydrogen-bond donors (Lipinski definition) is 2. The molecule has 1 atom stereocenters. The highest BCUT2D eigenvalue weighted by molar-refractivity contribution is 5.30. The summed E-state index contributed by atoms with van der Waals surface area (Å²) in [6, 6.07) is 7.77. The van der Waals surface area contributed by atoms with Gasteiger partial charge in [0.1, 0.15) is 17.5 Å². The fourth-order valence-corrected chi connectivity index (χ4v) is 2.09. The van der Waals surface area contributed by atoms with Crippen molar-refractivity contribution in [3.05, 3.63) is 70.5 Å². The highest BCUT2D eigenvalue weighted by Crippen LogP contribution is 2.24. The molecule has 0 aliphatic carbocycles. The average Bonchev–Trinajstić information content (AvgIpc) is 2.42. The first-order valence-corrected chi connectivity index (χ1v) is 6.18. The van der Waals surface area contributed by atoms with Gasteiger partial charge in [-0.05, 0) is 36.6 Å². The molecule has 0 aliphatic heterocycles. The molecule has 0 aromatic heterocycles. The van der Waals surface area contributed by atoms with Crippen LogP contribution in [0.3, 0.4) is 0 Å². The largest absolute Gasteiger partial charge is 0.271 e. The van der Waals surface area contributed by atoms with Gasteiger partial charge in [0.25, 0.3) is 0 Å². The van der Waals surface area contributed by atoms with E-state index in [0.717, 1.165) is 6.07 Å². The lowest BCUT2D eigenvalue weighted by Crippen LogP contribution is -2.30. The van der Waals surface area contributed by atoms with Crippen LogP contribution in [0.2, 0.25) is 0 Å². The Kier molecular flexibility index (Phi) is 4.42. The van der Waals surface area contributed by atoms with Crippen LogP contribution < -0.4 is 11.3 Å². The first-order valence-electron chi connectivity index (χ1n) is 6.18. The zero-order valence-corrected chi connectivity index (χ0v) is 11.0. The van der Waals surface area contributed by atoms with Gasteiger partial charge >= 0.3 is 0 Å². The predicted molar refractivity (Wildman–Crippen MR) is 71.3 cm³/mol. The lowest BCUT2D eigenvalue weighted by atomic mass is 9.97. The second kappa shape index (κ2) is 6.07. The number of hydrazine groups is 1. The lowest BCUT2D eigenvalue weighted by molar-refractivity contribution is 0.491. The van der Waals surface area contributed by atoms with Crippen LogP contribution in [-0.4, -0.2) is 0 Å². The summed E-state index contributed by atoms with van der Waals surface area (Å²) < 4.78 is 40.7. The summed E-state index contributed by atoms with van der Waals surface area (Å²) in [5, 5.41) is 0. The molecule has 0 saturated carbocycles. The Labute approximate surface area is 115 Å². The van der Waals surface area contributed by atoms with Gasteiger partial charge in [-0.1, -0.05) is 18.2 Å². The van der Waals surface area contributed by atoms with Crippen molar-refractivity contribution < 1.29 is 13.2 Å². The van der Waals surface area contributed by atoms with Crippen LogP contribution in [0.1, 0.15) is 22.7 Å². The van der Waals surface area contributed by atoms with Crippen molar-refractivity contribution in [1.29, 1.82) is 0 Å². The molecular formula is C15H15F3N2. The third kappa shape index (κ3) is 3.00. The van der Waals surface area contributed by atoms with E-state index >= 15 is 0 Å². The number of nitrogens with one attached hydrogen (secondary N) is 1. The minimum atomic E-state index is -0.701. The summed E-state index contributed by atoms with van der Waals surface area (Å²) in [4.78, 5) is 0. The molecule has 106 valence electrons. The molecule has 0 saturated heterocycles. The summed E-state index contributed by atoms with van der Waals surface area (Å²) in [5.74, 6) is 3.73. The van der Waals surface area contributed by atoms with Crippen molar-refractivity contribution in [2.75, 3.05) is 0 Å². The molecular weight excluding hydrogens is 265 g/mol. The molecule has 0 aliphatic rings. The Morgan fingerprint density at radius 3 is 2.40 bits per heavy atom. The third-order valence-electron chi connectivity index (χ3n) is 3.24. The van der Waals surface area contributed by atoms with Crippen LogP contribution in [0.4, 0.5) is 13.2 Å². The fraction of sp³-hybridized carbons (Fsp3) is 0.200. The van der Waals surface area contributed by atoms with E-state index in [1.165, 1.54) is 19.1 Å².